The van der Waals surface area contributed by atoms with Crippen LogP contribution in [0.1, 0.15) is 24.8 Å². The van der Waals surface area contributed by atoms with Crippen molar-refractivity contribution in [1.29, 1.82) is 0 Å². The molecular formula is C21H20N2O4. The van der Waals surface area contributed by atoms with Gasteiger partial charge in [0.15, 0.2) is 12.2 Å². The Hall–Kier alpha value is -3.15. The van der Waals surface area contributed by atoms with Crippen LogP contribution in [-0.4, -0.2) is 23.4 Å². The Morgan fingerprint density at radius 3 is 2.74 bits per heavy atom. The number of anilines is 1. The zero-order chi connectivity index (χ0) is 18.8. The SMILES string of the molecule is CCc1ccc(N2CC(C(=O)OCc3nc4ccccc4o3)CC2=O)cc1. The predicted octanol–water partition coefficient (Wildman–Crippen LogP) is 3.49. The largest absolute Gasteiger partial charge is 0.455 e. The van der Waals surface area contributed by atoms with Gasteiger partial charge >= 0.3 is 5.97 Å². The van der Waals surface area contributed by atoms with E-state index in [1.807, 2.05) is 48.5 Å². The molecule has 1 atom stereocenters. The van der Waals surface area contributed by atoms with Crippen molar-refractivity contribution in [2.24, 2.45) is 5.92 Å². The van der Waals surface area contributed by atoms with Crippen LogP contribution in [0.5, 0.6) is 0 Å². The molecule has 1 aliphatic heterocycles. The predicted molar refractivity (Wildman–Crippen MR) is 100 cm³/mol. The number of fused-ring (bicyclic) bond motifs is 1. The number of aryl methyl sites for hydroxylation is 1. The van der Waals surface area contributed by atoms with Gasteiger partial charge in [-0.15, -0.1) is 0 Å². The lowest BCUT2D eigenvalue weighted by Gasteiger charge is -2.16. The summed E-state index contributed by atoms with van der Waals surface area (Å²) < 4.78 is 10.9. The Morgan fingerprint density at radius 2 is 2.00 bits per heavy atom. The maximum Gasteiger partial charge on any atom is 0.311 e. The van der Waals surface area contributed by atoms with E-state index in [1.54, 1.807) is 4.90 Å². The lowest BCUT2D eigenvalue weighted by atomic mass is 10.1. The number of esters is 1. The van der Waals surface area contributed by atoms with Crippen LogP contribution in [0, 0.1) is 5.92 Å². The number of hydrogen-bond acceptors (Lipinski definition) is 5. The van der Waals surface area contributed by atoms with Gasteiger partial charge in [-0.25, -0.2) is 4.98 Å². The van der Waals surface area contributed by atoms with E-state index in [4.69, 9.17) is 9.15 Å². The number of oxazole rings is 1. The quantitative estimate of drug-likeness (QED) is 0.648. The summed E-state index contributed by atoms with van der Waals surface area (Å²) in [5.41, 5.74) is 3.40. The molecule has 0 aliphatic carbocycles. The molecule has 2 heterocycles. The lowest BCUT2D eigenvalue weighted by molar-refractivity contribution is -0.150. The third kappa shape index (κ3) is 3.56. The molecule has 4 rings (SSSR count). The Balaban J connectivity index is 1.38. The Bertz CT molecular complexity index is 944. The number of ether oxygens (including phenoxy) is 1. The first kappa shape index (κ1) is 17.3. The van der Waals surface area contributed by atoms with Gasteiger partial charge in [-0.1, -0.05) is 31.2 Å². The van der Waals surface area contributed by atoms with Crippen LogP contribution < -0.4 is 4.90 Å². The topological polar surface area (TPSA) is 72.6 Å². The number of hydrogen-bond donors (Lipinski definition) is 0. The van der Waals surface area contributed by atoms with E-state index in [-0.39, 0.29) is 18.9 Å². The summed E-state index contributed by atoms with van der Waals surface area (Å²) in [6.45, 7) is 2.37. The Labute approximate surface area is 156 Å². The highest BCUT2D eigenvalue weighted by Crippen LogP contribution is 2.26. The van der Waals surface area contributed by atoms with Gasteiger partial charge in [0.2, 0.25) is 11.8 Å². The van der Waals surface area contributed by atoms with Crippen molar-refractivity contribution in [3.8, 4) is 0 Å². The first-order valence-electron chi connectivity index (χ1n) is 9.04. The molecule has 6 heteroatoms. The number of benzene rings is 2. The molecule has 1 aliphatic rings. The van der Waals surface area contributed by atoms with Crippen molar-refractivity contribution in [2.45, 2.75) is 26.4 Å². The lowest BCUT2D eigenvalue weighted by Crippen LogP contribution is -2.26. The molecule has 1 unspecified atom stereocenters. The monoisotopic (exact) mass is 364 g/mol. The molecule has 6 nitrogen and oxygen atoms in total. The molecule has 0 spiro atoms. The van der Waals surface area contributed by atoms with E-state index >= 15 is 0 Å². The number of amides is 1. The van der Waals surface area contributed by atoms with Crippen LogP contribution in [0.4, 0.5) is 5.69 Å². The average molecular weight is 364 g/mol. The summed E-state index contributed by atoms with van der Waals surface area (Å²) in [5, 5.41) is 0. The summed E-state index contributed by atoms with van der Waals surface area (Å²) >= 11 is 0. The zero-order valence-corrected chi connectivity index (χ0v) is 15.1. The van der Waals surface area contributed by atoms with Gasteiger partial charge in [0.1, 0.15) is 5.52 Å². The summed E-state index contributed by atoms with van der Waals surface area (Å²) in [7, 11) is 0. The van der Waals surface area contributed by atoms with Gasteiger partial charge < -0.3 is 14.1 Å². The van der Waals surface area contributed by atoms with Gasteiger partial charge in [0, 0.05) is 18.7 Å². The molecule has 0 bridgehead atoms. The van der Waals surface area contributed by atoms with Gasteiger partial charge in [-0.2, -0.15) is 0 Å². The molecule has 3 aromatic rings. The third-order valence-corrected chi connectivity index (χ3v) is 4.79. The van der Waals surface area contributed by atoms with Crippen LogP contribution >= 0.6 is 0 Å². The van der Waals surface area contributed by atoms with E-state index < -0.39 is 11.9 Å². The first-order chi connectivity index (χ1) is 13.1. The second kappa shape index (κ2) is 7.23. The van der Waals surface area contributed by atoms with Crippen LogP contribution in [0.25, 0.3) is 11.1 Å². The number of carbonyl (C=O) groups is 2. The highest BCUT2D eigenvalue weighted by molar-refractivity contribution is 5.99. The van der Waals surface area contributed by atoms with E-state index in [1.165, 1.54) is 5.56 Å². The fourth-order valence-electron chi connectivity index (χ4n) is 3.26. The number of para-hydroxylation sites is 2. The van der Waals surface area contributed by atoms with Gasteiger partial charge in [-0.3, -0.25) is 9.59 Å². The minimum absolute atomic E-state index is 0.0383. The van der Waals surface area contributed by atoms with E-state index in [2.05, 4.69) is 11.9 Å². The molecular weight excluding hydrogens is 344 g/mol. The number of carbonyl (C=O) groups excluding carboxylic acids is 2. The maximum atomic E-state index is 12.4. The highest BCUT2D eigenvalue weighted by Gasteiger charge is 2.36. The van der Waals surface area contributed by atoms with E-state index in [0.717, 1.165) is 17.6 Å². The molecule has 1 saturated heterocycles. The van der Waals surface area contributed by atoms with Crippen molar-refractivity contribution >= 4 is 28.7 Å². The van der Waals surface area contributed by atoms with Gasteiger partial charge in [0.25, 0.3) is 0 Å². The minimum Gasteiger partial charge on any atom is -0.455 e. The molecule has 0 saturated carbocycles. The van der Waals surface area contributed by atoms with Crippen molar-refractivity contribution in [2.75, 3.05) is 11.4 Å². The van der Waals surface area contributed by atoms with Crippen LogP contribution in [0.15, 0.2) is 52.9 Å². The Morgan fingerprint density at radius 1 is 1.22 bits per heavy atom. The Kier molecular flexibility index (Phi) is 4.62. The van der Waals surface area contributed by atoms with Crippen molar-refractivity contribution < 1.29 is 18.7 Å². The number of nitrogens with zero attached hydrogens (tertiary/aromatic N) is 2. The molecule has 2 aromatic carbocycles. The maximum absolute atomic E-state index is 12.4. The molecule has 0 N–H and O–H groups in total. The standard InChI is InChI=1S/C21H20N2O4/c1-2-14-7-9-16(10-8-14)23-12-15(11-20(23)24)21(25)26-13-19-22-17-5-3-4-6-18(17)27-19/h3-10,15H,2,11-13H2,1H3. The summed E-state index contributed by atoms with van der Waals surface area (Å²) in [4.78, 5) is 30.6. The highest BCUT2D eigenvalue weighted by atomic mass is 16.5. The smallest absolute Gasteiger partial charge is 0.311 e. The molecule has 1 aromatic heterocycles. The van der Waals surface area contributed by atoms with Crippen LogP contribution in [-0.2, 0) is 27.4 Å². The molecule has 1 amide bonds. The summed E-state index contributed by atoms with van der Waals surface area (Å²) in [6, 6.07) is 15.2. The third-order valence-electron chi connectivity index (χ3n) is 4.79. The fourth-order valence-corrected chi connectivity index (χ4v) is 3.26. The number of aromatic nitrogens is 1. The molecule has 1 fully saturated rings. The second-order valence-corrected chi connectivity index (χ2v) is 6.61. The normalized spacial score (nSPS) is 16.9. The second-order valence-electron chi connectivity index (χ2n) is 6.61. The van der Waals surface area contributed by atoms with Crippen molar-refractivity contribution in [3.63, 3.8) is 0 Å². The molecule has 27 heavy (non-hydrogen) atoms. The van der Waals surface area contributed by atoms with Crippen molar-refractivity contribution in [1.82, 2.24) is 4.98 Å². The van der Waals surface area contributed by atoms with Crippen molar-refractivity contribution in [3.05, 3.63) is 60.0 Å². The number of rotatable bonds is 5. The fraction of sp³-hybridized carbons (Fsp3) is 0.286. The van der Waals surface area contributed by atoms with E-state index in [9.17, 15) is 9.59 Å². The zero-order valence-electron chi connectivity index (χ0n) is 15.1. The van der Waals surface area contributed by atoms with Gasteiger partial charge in [-0.05, 0) is 36.2 Å². The molecule has 138 valence electrons. The average Bonchev–Trinajstić information content (AvgIpc) is 3.29. The van der Waals surface area contributed by atoms with Gasteiger partial charge in [0.05, 0.1) is 5.92 Å². The molecule has 0 radical (unpaired) electrons. The summed E-state index contributed by atoms with van der Waals surface area (Å²) in [6.07, 6.45) is 1.10. The van der Waals surface area contributed by atoms with E-state index in [0.29, 0.717) is 18.0 Å². The first-order valence-corrected chi connectivity index (χ1v) is 9.04. The van der Waals surface area contributed by atoms with Crippen LogP contribution in [0.3, 0.4) is 0 Å². The van der Waals surface area contributed by atoms with Crippen LogP contribution in [0.2, 0.25) is 0 Å². The minimum atomic E-state index is -0.479. The summed E-state index contributed by atoms with van der Waals surface area (Å²) in [5.74, 6) is -0.602.